The Bertz CT molecular complexity index is 1320. The minimum atomic E-state index is 0.0417. The van der Waals surface area contributed by atoms with E-state index in [2.05, 4.69) is 20.7 Å². The summed E-state index contributed by atoms with van der Waals surface area (Å²) in [7, 11) is 1.77. The fraction of sp³-hybridized carbons (Fsp3) is 0.167. The molecule has 0 aliphatic carbocycles. The van der Waals surface area contributed by atoms with Gasteiger partial charge in [-0.3, -0.25) is 15.2 Å². The van der Waals surface area contributed by atoms with Crippen molar-refractivity contribution in [3.63, 3.8) is 0 Å². The topological polar surface area (TPSA) is 111 Å². The highest BCUT2D eigenvalue weighted by Gasteiger charge is 2.16. The molecule has 0 aliphatic rings. The number of nitrogens with one attached hydrogen (secondary N) is 4. The quantitative estimate of drug-likeness (QED) is 0.336. The molecule has 4 N–H and O–H groups in total. The maximum Gasteiger partial charge on any atom is 0.159 e. The lowest BCUT2D eigenvalue weighted by atomic mass is 10.1. The number of hydrogen-bond donors (Lipinski definition) is 4. The van der Waals surface area contributed by atoms with E-state index in [1.165, 1.54) is 0 Å². The summed E-state index contributed by atoms with van der Waals surface area (Å²) in [5.74, 6) is 0.792. The van der Waals surface area contributed by atoms with Crippen LogP contribution in [0, 0.1) is 12.3 Å². The highest BCUT2D eigenvalue weighted by atomic mass is 16.1. The Morgan fingerprint density at radius 3 is 2.56 bits per heavy atom. The second kappa shape index (κ2) is 8.89. The highest BCUT2D eigenvalue weighted by molar-refractivity contribution is 5.94. The number of rotatable bonds is 7. The number of nitrogens with zero attached hydrogens (tertiary/aromatic N) is 3. The van der Waals surface area contributed by atoms with Crippen molar-refractivity contribution in [3.05, 3.63) is 83.4 Å². The molecule has 0 bridgehead atoms. The van der Waals surface area contributed by atoms with Crippen molar-refractivity contribution >= 4 is 11.5 Å². The molecule has 162 valence electrons. The van der Waals surface area contributed by atoms with Crippen LogP contribution in [0.25, 0.3) is 22.6 Å². The zero-order chi connectivity index (χ0) is 22.7. The summed E-state index contributed by atoms with van der Waals surface area (Å²) < 4.78 is 1.63. The van der Waals surface area contributed by atoms with E-state index < -0.39 is 0 Å². The molecule has 0 atom stereocenters. The summed E-state index contributed by atoms with van der Waals surface area (Å²) in [6.45, 7) is 3.98. The number of hydrogen-bond acceptors (Lipinski definition) is 6. The third-order valence-electron chi connectivity index (χ3n) is 5.11. The molecule has 0 saturated carbocycles. The third kappa shape index (κ3) is 4.44. The van der Waals surface area contributed by atoms with Crippen molar-refractivity contribution in [2.45, 2.75) is 20.4 Å². The summed E-state index contributed by atoms with van der Waals surface area (Å²) in [6.07, 6.45) is 1.84. The SMILES string of the molecule is CNn1cc(-c2nc(CNc3ccc(C(C)=O)cc3)[nH]c2-c2cccc(C)n2)ccc1=N. The predicted molar refractivity (Wildman–Crippen MR) is 125 cm³/mol. The van der Waals surface area contributed by atoms with E-state index in [0.717, 1.165) is 39.9 Å². The number of aromatic amines is 1. The van der Waals surface area contributed by atoms with Crippen molar-refractivity contribution in [1.29, 1.82) is 5.41 Å². The van der Waals surface area contributed by atoms with Gasteiger partial charge in [0.25, 0.3) is 0 Å². The molecule has 0 aliphatic heterocycles. The average molecular weight is 428 g/mol. The van der Waals surface area contributed by atoms with Gasteiger partial charge in [0.15, 0.2) is 5.78 Å². The van der Waals surface area contributed by atoms with Crippen molar-refractivity contribution in [2.75, 3.05) is 17.8 Å². The number of carbonyl (C=O) groups excluding carboxylic acids is 1. The molecule has 8 nitrogen and oxygen atoms in total. The third-order valence-corrected chi connectivity index (χ3v) is 5.11. The molecule has 0 unspecified atom stereocenters. The van der Waals surface area contributed by atoms with Crippen LogP contribution in [0.2, 0.25) is 0 Å². The molecule has 0 amide bonds. The second-order valence-corrected chi connectivity index (χ2v) is 7.46. The lowest BCUT2D eigenvalue weighted by molar-refractivity contribution is 0.101. The van der Waals surface area contributed by atoms with Crippen LogP contribution in [0.5, 0.6) is 0 Å². The smallest absolute Gasteiger partial charge is 0.159 e. The van der Waals surface area contributed by atoms with Gasteiger partial charge < -0.3 is 15.7 Å². The monoisotopic (exact) mass is 427 g/mol. The Balaban J connectivity index is 1.69. The summed E-state index contributed by atoms with van der Waals surface area (Å²) in [5.41, 5.74) is 9.06. The Morgan fingerprint density at radius 2 is 1.88 bits per heavy atom. The molecule has 1 aromatic carbocycles. The van der Waals surface area contributed by atoms with E-state index in [1.54, 1.807) is 36.8 Å². The van der Waals surface area contributed by atoms with Crippen molar-refractivity contribution in [2.24, 2.45) is 0 Å². The number of ketones is 1. The van der Waals surface area contributed by atoms with Gasteiger partial charge in [-0.25, -0.2) is 9.66 Å². The van der Waals surface area contributed by atoms with Crippen LogP contribution in [-0.4, -0.2) is 32.5 Å². The number of imidazole rings is 1. The van der Waals surface area contributed by atoms with Crippen molar-refractivity contribution < 1.29 is 4.79 Å². The molecule has 0 saturated heterocycles. The van der Waals surface area contributed by atoms with Crippen LogP contribution in [0.3, 0.4) is 0 Å². The van der Waals surface area contributed by atoms with E-state index in [4.69, 9.17) is 10.4 Å². The molecule has 3 heterocycles. The second-order valence-electron chi connectivity index (χ2n) is 7.46. The van der Waals surface area contributed by atoms with Crippen LogP contribution in [0.15, 0.2) is 60.8 Å². The predicted octanol–water partition coefficient (Wildman–Crippen LogP) is 3.72. The molecular formula is C24H25N7O. The molecule has 0 spiro atoms. The van der Waals surface area contributed by atoms with Gasteiger partial charge in [-0.05, 0) is 62.4 Å². The van der Waals surface area contributed by atoms with Gasteiger partial charge in [0.05, 0.1) is 23.6 Å². The number of carbonyl (C=O) groups is 1. The first-order valence-corrected chi connectivity index (χ1v) is 10.3. The maximum atomic E-state index is 11.5. The Kier molecular flexibility index (Phi) is 5.85. The Morgan fingerprint density at radius 1 is 1.09 bits per heavy atom. The molecule has 3 aromatic heterocycles. The van der Waals surface area contributed by atoms with Gasteiger partial charge in [0, 0.05) is 35.8 Å². The van der Waals surface area contributed by atoms with Crippen LogP contribution in [0.4, 0.5) is 5.69 Å². The minimum absolute atomic E-state index is 0.0417. The average Bonchev–Trinajstić information content (AvgIpc) is 3.22. The number of H-pyrrole nitrogens is 1. The van der Waals surface area contributed by atoms with E-state index >= 15 is 0 Å². The number of benzene rings is 1. The van der Waals surface area contributed by atoms with Crippen molar-refractivity contribution in [3.8, 4) is 22.6 Å². The molecule has 0 fully saturated rings. The minimum Gasteiger partial charge on any atom is -0.378 e. The van der Waals surface area contributed by atoms with Gasteiger partial charge in [-0.15, -0.1) is 0 Å². The van der Waals surface area contributed by atoms with Crippen LogP contribution >= 0.6 is 0 Å². The molecule has 32 heavy (non-hydrogen) atoms. The molecule has 4 rings (SSSR count). The maximum absolute atomic E-state index is 11.5. The largest absolute Gasteiger partial charge is 0.378 e. The molecular weight excluding hydrogens is 402 g/mol. The molecule has 0 radical (unpaired) electrons. The van der Waals surface area contributed by atoms with E-state index in [-0.39, 0.29) is 5.78 Å². The van der Waals surface area contributed by atoms with Gasteiger partial charge >= 0.3 is 0 Å². The number of anilines is 1. The lowest BCUT2D eigenvalue weighted by Gasteiger charge is -2.08. The fourth-order valence-corrected chi connectivity index (χ4v) is 3.42. The van der Waals surface area contributed by atoms with E-state index in [9.17, 15) is 4.79 Å². The van der Waals surface area contributed by atoms with E-state index in [0.29, 0.717) is 17.6 Å². The lowest BCUT2D eigenvalue weighted by Crippen LogP contribution is -2.25. The summed E-state index contributed by atoms with van der Waals surface area (Å²) in [4.78, 5) is 24.4. The van der Waals surface area contributed by atoms with Crippen LogP contribution < -0.4 is 16.2 Å². The normalized spacial score (nSPS) is 10.7. The number of aryl methyl sites for hydroxylation is 1. The van der Waals surface area contributed by atoms with Gasteiger partial charge in [0.2, 0.25) is 0 Å². The van der Waals surface area contributed by atoms with E-state index in [1.807, 2.05) is 49.5 Å². The van der Waals surface area contributed by atoms with Crippen LogP contribution in [0.1, 0.15) is 28.8 Å². The Hall–Kier alpha value is -4.20. The van der Waals surface area contributed by atoms with Crippen LogP contribution in [-0.2, 0) is 6.54 Å². The standard InChI is InChI=1S/C24H25N7O/c1-15-5-4-6-20(28-15)24-23(18-9-12-21(25)31(14-18)26-3)29-22(30-24)13-27-19-10-7-17(8-11-19)16(2)32/h4-12,14,25-27H,13H2,1-3H3,(H,29,30). The summed E-state index contributed by atoms with van der Waals surface area (Å²) in [6, 6.07) is 16.9. The zero-order valence-corrected chi connectivity index (χ0v) is 18.2. The summed E-state index contributed by atoms with van der Waals surface area (Å²) >= 11 is 0. The first-order chi connectivity index (χ1) is 15.4. The van der Waals surface area contributed by atoms with Gasteiger partial charge in [-0.1, -0.05) is 6.07 Å². The first kappa shape index (κ1) is 21.0. The number of Topliss-reactive ketones (excluding diaryl/α,β-unsaturated/α-hetero) is 1. The Labute approximate surface area is 185 Å². The molecule has 8 heteroatoms. The fourth-order valence-electron chi connectivity index (χ4n) is 3.42. The first-order valence-electron chi connectivity index (χ1n) is 10.3. The zero-order valence-electron chi connectivity index (χ0n) is 18.2. The van der Waals surface area contributed by atoms with Gasteiger partial charge in [0.1, 0.15) is 11.3 Å². The van der Waals surface area contributed by atoms with Crippen molar-refractivity contribution in [1.82, 2.24) is 19.6 Å². The van der Waals surface area contributed by atoms with Gasteiger partial charge in [-0.2, -0.15) is 0 Å². The summed E-state index contributed by atoms with van der Waals surface area (Å²) in [5, 5.41) is 11.4. The number of pyridine rings is 2. The number of aromatic nitrogens is 4. The molecule has 4 aromatic rings. The highest BCUT2D eigenvalue weighted by Crippen LogP contribution is 2.29.